The van der Waals surface area contributed by atoms with Gasteiger partial charge in [0.15, 0.2) is 0 Å². The molecule has 0 aliphatic carbocycles. The molecule has 1 heterocycles. The lowest BCUT2D eigenvalue weighted by Crippen LogP contribution is -1.77. The number of thiol groups is 1. The van der Waals surface area contributed by atoms with Gasteiger partial charge in [-0.3, -0.25) is 9.97 Å². The van der Waals surface area contributed by atoms with E-state index < -0.39 is 0 Å². The minimum atomic E-state index is 0.961. The van der Waals surface area contributed by atoms with E-state index in [1.165, 1.54) is 0 Å². The van der Waals surface area contributed by atoms with E-state index in [9.17, 15) is 0 Å². The zero-order valence-corrected chi connectivity index (χ0v) is 6.47. The highest BCUT2D eigenvalue weighted by molar-refractivity contribution is 7.79. The molecule has 50 valence electrons. The fourth-order valence-electron chi connectivity index (χ4n) is 0.374. The van der Waals surface area contributed by atoms with Crippen LogP contribution in [-0.4, -0.2) is 16.2 Å². The van der Waals surface area contributed by atoms with Crippen LogP contribution in [0.1, 0.15) is 5.69 Å². The first-order valence-electron chi connectivity index (χ1n) is 2.57. The summed E-state index contributed by atoms with van der Waals surface area (Å²) in [6.07, 6.45) is 6.75. The molecule has 0 fully saturated rings. The summed E-state index contributed by atoms with van der Waals surface area (Å²) in [4.78, 5) is 7.74. The van der Waals surface area contributed by atoms with E-state index >= 15 is 0 Å². The highest BCUT2D eigenvalue weighted by Crippen LogP contribution is 1.81. The van der Waals surface area contributed by atoms with Crippen LogP contribution < -0.4 is 0 Å². The molecule has 0 aliphatic rings. The molecule has 1 aromatic heterocycles. The average Bonchev–Trinajstić information content (AvgIpc) is 1.94. The van der Waals surface area contributed by atoms with Crippen LogP contribution in [0.25, 0.3) is 0 Å². The van der Waals surface area contributed by atoms with Gasteiger partial charge in [0.05, 0.1) is 5.69 Å². The first kappa shape index (κ1) is 8.43. The number of rotatable bonds is 0. The Kier molecular flexibility index (Phi) is 5.21. The summed E-state index contributed by atoms with van der Waals surface area (Å²) in [5.74, 6) is 0. The predicted octanol–water partition coefficient (Wildman–Crippen LogP) is 1.33. The van der Waals surface area contributed by atoms with Crippen molar-refractivity contribution in [3.8, 4) is 0 Å². The second kappa shape index (κ2) is 5.56. The molecule has 0 atom stereocenters. The van der Waals surface area contributed by atoms with E-state index in [1.807, 2.05) is 6.92 Å². The maximum atomic E-state index is 3.92. The summed E-state index contributed by atoms with van der Waals surface area (Å²) < 4.78 is 0. The Morgan fingerprint density at radius 1 is 1.33 bits per heavy atom. The summed E-state index contributed by atoms with van der Waals surface area (Å²) in [7, 11) is 0. The molecule has 0 aromatic carbocycles. The van der Waals surface area contributed by atoms with Gasteiger partial charge in [0, 0.05) is 18.6 Å². The van der Waals surface area contributed by atoms with Gasteiger partial charge in [-0.05, 0) is 13.2 Å². The third-order valence-electron chi connectivity index (χ3n) is 0.692. The lowest BCUT2D eigenvalue weighted by Gasteiger charge is -1.81. The normalized spacial score (nSPS) is 7.44. The Hall–Kier alpha value is -0.570. The van der Waals surface area contributed by atoms with Crippen molar-refractivity contribution in [2.45, 2.75) is 6.92 Å². The molecule has 2 nitrogen and oxygen atoms in total. The highest BCUT2D eigenvalue weighted by atomic mass is 32.1. The summed E-state index contributed by atoms with van der Waals surface area (Å²) in [6, 6.07) is 0. The SMILES string of the molecule is CS.Cc1cnccn1. The van der Waals surface area contributed by atoms with Crippen molar-refractivity contribution in [3.63, 3.8) is 0 Å². The zero-order chi connectivity index (χ0) is 7.11. The molecule has 0 N–H and O–H groups in total. The number of aromatic nitrogens is 2. The Balaban J connectivity index is 0.000000291. The van der Waals surface area contributed by atoms with Crippen LogP contribution in [0, 0.1) is 6.92 Å². The van der Waals surface area contributed by atoms with Crippen molar-refractivity contribution in [2.24, 2.45) is 0 Å². The molecule has 0 radical (unpaired) electrons. The fraction of sp³-hybridized carbons (Fsp3) is 0.333. The third kappa shape index (κ3) is 3.97. The molecular weight excluding hydrogens is 132 g/mol. The first-order chi connectivity index (χ1) is 4.39. The maximum Gasteiger partial charge on any atom is 0.0555 e. The minimum absolute atomic E-state index is 0.961. The minimum Gasteiger partial charge on any atom is -0.261 e. The van der Waals surface area contributed by atoms with Gasteiger partial charge < -0.3 is 0 Å². The van der Waals surface area contributed by atoms with Crippen LogP contribution in [0.5, 0.6) is 0 Å². The van der Waals surface area contributed by atoms with Gasteiger partial charge in [-0.2, -0.15) is 12.6 Å². The topological polar surface area (TPSA) is 25.8 Å². The van der Waals surface area contributed by atoms with Gasteiger partial charge in [0.25, 0.3) is 0 Å². The van der Waals surface area contributed by atoms with E-state index in [-0.39, 0.29) is 0 Å². The van der Waals surface area contributed by atoms with E-state index in [0.717, 1.165) is 5.69 Å². The summed E-state index contributed by atoms with van der Waals surface area (Å²) in [6.45, 7) is 1.91. The maximum absolute atomic E-state index is 3.92. The van der Waals surface area contributed by atoms with Crippen LogP contribution in [0.2, 0.25) is 0 Å². The number of aryl methyl sites for hydroxylation is 1. The van der Waals surface area contributed by atoms with Crippen LogP contribution in [0.4, 0.5) is 0 Å². The number of hydrogen-bond acceptors (Lipinski definition) is 3. The standard InChI is InChI=1S/C5H6N2.CH4S/c1-5-4-6-2-3-7-5;1-2/h2-4H,1H3;2H,1H3. The van der Waals surface area contributed by atoms with Gasteiger partial charge in [-0.1, -0.05) is 0 Å². The monoisotopic (exact) mass is 142 g/mol. The molecule has 1 aromatic rings. The molecule has 0 unspecified atom stereocenters. The van der Waals surface area contributed by atoms with E-state index in [1.54, 1.807) is 24.8 Å². The molecule has 0 saturated heterocycles. The summed E-state index contributed by atoms with van der Waals surface area (Å²) in [5.41, 5.74) is 0.961. The molecule has 1 rings (SSSR count). The molecule has 0 spiro atoms. The first-order valence-corrected chi connectivity index (χ1v) is 3.46. The smallest absolute Gasteiger partial charge is 0.0555 e. The van der Waals surface area contributed by atoms with Crippen LogP contribution >= 0.6 is 12.6 Å². The number of nitrogens with zero attached hydrogens (tertiary/aromatic N) is 2. The largest absolute Gasteiger partial charge is 0.261 e. The Labute approximate surface area is 60.8 Å². The Morgan fingerprint density at radius 2 is 2.00 bits per heavy atom. The molecular formula is C6H10N2S. The number of hydrogen-bond donors (Lipinski definition) is 1. The molecule has 9 heavy (non-hydrogen) atoms. The van der Waals surface area contributed by atoms with Crippen molar-refractivity contribution < 1.29 is 0 Å². The second-order valence-electron chi connectivity index (χ2n) is 1.35. The zero-order valence-electron chi connectivity index (χ0n) is 5.57. The molecule has 0 amide bonds. The van der Waals surface area contributed by atoms with Crippen molar-refractivity contribution in [1.82, 2.24) is 9.97 Å². The van der Waals surface area contributed by atoms with Crippen LogP contribution in [0.3, 0.4) is 0 Å². The Bertz CT molecular complexity index is 141. The lowest BCUT2D eigenvalue weighted by atomic mass is 10.5. The van der Waals surface area contributed by atoms with Crippen LogP contribution in [0.15, 0.2) is 18.6 Å². The molecule has 0 saturated carbocycles. The van der Waals surface area contributed by atoms with Crippen molar-refractivity contribution in [2.75, 3.05) is 6.26 Å². The quantitative estimate of drug-likeness (QED) is 0.553. The van der Waals surface area contributed by atoms with Gasteiger partial charge in [0.2, 0.25) is 0 Å². The Morgan fingerprint density at radius 3 is 2.22 bits per heavy atom. The fourth-order valence-corrected chi connectivity index (χ4v) is 0.374. The molecule has 0 aliphatic heterocycles. The van der Waals surface area contributed by atoms with E-state index in [2.05, 4.69) is 22.6 Å². The van der Waals surface area contributed by atoms with Crippen molar-refractivity contribution in [3.05, 3.63) is 24.3 Å². The molecule has 0 bridgehead atoms. The molecule has 3 heteroatoms. The second-order valence-corrected chi connectivity index (χ2v) is 1.35. The van der Waals surface area contributed by atoms with E-state index in [0.29, 0.717) is 0 Å². The lowest BCUT2D eigenvalue weighted by molar-refractivity contribution is 1.12. The summed E-state index contributed by atoms with van der Waals surface area (Å²) >= 11 is 3.53. The highest BCUT2D eigenvalue weighted by Gasteiger charge is 1.74. The van der Waals surface area contributed by atoms with Crippen molar-refractivity contribution in [1.29, 1.82) is 0 Å². The van der Waals surface area contributed by atoms with E-state index in [4.69, 9.17) is 0 Å². The van der Waals surface area contributed by atoms with Gasteiger partial charge in [0.1, 0.15) is 0 Å². The van der Waals surface area contributed by atoms with Crippen molar-refractivity contribution >= 4 is 12.6 Å². The predicted molar refractivity (Wildman–Crippen MR) is 41.7 cm³/mol. The van der Waals surface area contributed by atoms with Crippen LogP contribution in [-0.2, 0) is 0 Å². The summed E-state index contributed by atoms with van der Waals surface area (Å²) in [5, 5.41) is 0. The van der Waals surface area contributed by atoms with Gasteiger partial charge in [-0.25, -0.2) is 0 Å². The van der Waals surface area contributed by atoms with Gasteiger partial charge in [-0.15, -0.1) is 0 Å². The third-order valence-corrected chi connectivity index (χ3v) is 0.692. The van der Waals surface area contributed by atoms with Gasteiger partial charge >= 0.3 is 0 Å². The average molecular weight is 142 g/mol.